The molecule has 18 nitrogen and oxygen atoms in total. The van der Waals surface area contributed by atoms with E-state index in [1.54, 1.807) is 44.2 Å². The first-order chi connectivity index (χ1) is 27.3. The number of aliphatic carboxylic acids is 1. The first-order valence-corrected chi connectivity index (χ1v) is 19.6. The molecule has 1 aliphatic rings. The van der Waals surface area contributed by atoms with E-state index < -0.39 is 96.0 Å². The fourth-order valence-corrected chi connectivity index (χ4v) is 6.35. The quantitative estimate of drug-likeness (QED) is 0.0690. The lowest BCUT2D eigenvalue weighted by molar-refractivity contribution is -0.141. The summed E-state index contributed by atoms with van der Waals surface area (Å²) in [6.07, 6.45) is 5.94. The Labute approximate surface area is 339 Å². The Kier molecular flexibility index (Phi) is 20.1. The molecule has 58 heavy (non-hydrogen) atoms. The molecule has 2 rings (SSSR count). The number of nitrogens with two attached hydrogens (primary N) is 1. The van der Waals surface area contributed by atoms with Crippen molar-refractivity contribution in [3.63, 3.8) is 0 Å². The molecular formula is C40H60N8O10. The Balaban J connectivity index is 1.96. The lowest BCUT2D eigenvalue weighted by Crippen LogP contribution is -2.60. The van der Waals surface area contributed by atoms with Gasteiger partial charge in [0.1, 0.15) is 36.3 Å². The Morgan fingerprint density at radius 2 is 1.26 bits per heavy atom. The first-order valence-electron chi connectivity index (χ1n) is 19.6. The highest BCUT2D eigenvalue weighted by atomic mass is 16.4. The molecule has 1 saturated carbocycles. The molecule has 0 aliphatic heterocycles. The summed E-state index contributed by atoms with van der Waals surface area (Å²) in [5.74, 6) is -7.50. The number of nitrogens with one attached hydrogen (secondary N) is 7. The zero-order valence-corrected chi connectivity index (χ0v) is 34.1. The van der Waals surface area contributed by atoms with E-state index in [0.29, 0.717) is 18.4 Å². The molecule has 0 saturated heterocycles. The van der Waals surface area contributed by atoms with E-state index in [2.05, 4.69) is 37.2 Å². The van der Waals surface area contributed by atoms with Crippen molar-refractivity contribution in [3.8, 4) is 0 Å². The van der Waals surface area contributed by atoms with Gasteiger partial charge in [0.2, 0.25) is 47.3 Å². The van der Waals surface area contributed by atoms with Crippen molar-refractivity contribution < 1.29 is 48.3 Å². The summed E-state index contributed by atoms with van der Waals surface area (Å²) in [5.41, 5.74) is 6.18. The summed E-state index contributed by atoms with van der Waals surface area (Å²) in [5, 5.41) is 27.1. The molecule has 320 valence electrons. The smallest absolute Gasteiger partial charge is 0.326 e. The van der Waals surface area contributed by atoms with Gasteiger partial charge in [-0.15, -0.1) is 0 Å². The van der Waals surface area contributed by atoms with Gasteiger partial charge in [0.15, 0.2) is 0 Å². The van der Waals surface area contributed by atoms with Crippen LogP contribution in [0.1, 0.15) is 85.6 Å². The summed E-state index contributed by atoms with van der Waals surface area (Å²) in [6, 6.07) is 2.16. The van der Waals surface area contributed by atoms with E-state index in [1.165, 1.54) is 13.8 Å². The van der Waals surface area contributed by atoms with Crippen molar-refractivity contribution >= 4 is 53.2 Å². The van der Waals surface area contributed by atoms with E-state index in [9.17, 15) is 48.3 Å². The lowest BCUT2D eigenvalue weighted by Gasteiger charge is -2.32. The molecule has 18 heteroatoms. The molecule has 0 aromatic heterocycles. The minimum absolute atomic E-state index is 0.0142. The number of hydrogen-bond donors (Lipinski definition) is 9. The second-order valence-corrected chi connectivity index (χ2v) is 15.4. The molecule has 0 bridgehead atoms. The number of rotatable bonds is 22. The number of carboxylic acid groups (broad SMARTS) is 1. The molecule has 8 amide bonds. The van der Waals surface area contributed by atoms with Gasteiger partial charge in [-0.3, -0.25) is 38.4 Å². The third-order valence-electron chi connectivity index (χ3n) is 9.54. The minimum Gasteiger partial charge on any atom is -0.480 e. The molecule has 0 heterocycles. The minimum atomic E-state index is -1.25. The summed E-state index contributed by atoms with van der Waals surface area (Å²) >= 11 is 0. The van der Waals surface area contributed by atoms with Gasteiger partial charge in [-0.25, -0.2) is 4.79 Å². The molecular weight excluding hydrogens is 752 g/mol. The number of amides is 8. The third kappa shape index (κ3) is 17.1. The maximum absolute atomic E-state index is 13.8. The highest BCUT2D eigenvalue weighted by Gasteiger charge is 2.35. The van der Waals surface area contributed by atoms with Crippen molar-refractivity contribution in [1.29, 1.82) is 0 Å². The maximum Gasteiger partial charge on any atom is 0.326 e. The fraction of sp³-hybridized carbons (Fsp3) is 0.575. The average Bonchev–Trinajstić information content (AvgIpc) is 3.16. The number of carbonyl (C=O) groups is 9. The summed E-state index contributed by atoms with van der Waals surface area (Å²) in [7, 11) is 0. The first kappa shape index (κ1) is 48.3. The van der Waals surface area contributed by atoms with Gasteiger partial charge in [-0.2, -0.15) is 0 Å². The van der Waals surface area contributed by atoms with Crippen molar-refractivity contribution in [2.75, 3.05) is 6.54 Å². The van der Waals surface area contributed by atoms with Gasteiger partial charge in [-0.1, -0.05) is 77.3 Å². The third-order valence-corrected chi connectivity index (χ3v) is 9.54. The lowest BCUT2D eigenvalue weighted by atomic mass is 9.83. The fourth-order valence-electron chi connectivity index (χ4n) is 6.35. The van der Waals surface area contributed by atoms with E-state index in [-0.39, 0.29) is 30.6 Å². The number of hydrogen-bond acceptors (Lipinski definition) is 9. The van der Waals surface area contributed by atoms with Crippen LogP contribution in [0, 0.1) is 17.8 Å². The van der Waals surface area contributed by atoms with Crippen molar-refractivity contribution in [2.45, 2.75) is 123 Å². The van der Waals surface area contributed by atoms with Crippen LogP contribution in [-0.4, -0.2) is 101 Å². The van der Waals surface area contributed by atoms with Crippen molar-refractivity contribution in [1.82, 2.24) is 37.2 Å². The van der Waals surface area contributed by atoms with E-state index in [0.717, 1.165) is 31.4 Å². The summed E-state index contributed by atoms with van der Waals surface area (Å²) in [6.45, 7) is 9.39. The van der Waals surface area contributed by atoms with Crippen molar-refractivity contribution in [3.05, 3.63) is 48.0 Å². The summed E-state index contributed by atoms with van der Waals surface area (Å²) < 4.78 is 0. The standard InChI is InChI=1S/C40H60N8O10/c1-22(2)19-28(38(55)47-33(23(3)4)35(41)52)46-39(56)34(27-15-11-8-12-16-27)48-37(54)25(6)44-31(50)18-17-30(49)43-24(5)36(53)42-21-32(51)45-29(40(57)58)20-26-13-9-7-10-14-26/h7,9-10,13-14,17-18,22-25,27-29,33-34H,8,11-12,15-16,19-21H2,1-6H3,(H2,41,52)(H,42,53)(H,43,49)(H,44,50)(H,45,51)(H,46,56)(H,47,55)(H,48,54)(H,57,58)/b18-17+/t24-,25-,28-,29-,33-,34-/m0/s1. The highest BCUT2D eigenvalue weighted by Crippen LogP contribution is 2.27. The molecule has 0 unspecified atom stereocenters. The van der Waals surface area contributed by atoms with Gasteiger partial charge < -0.3 is 48.1 Å². The number of primary amides is 1. The predicted octanol–water partition coefficient (Wildman–Crippen LogP) is -0.298. The van der Waals surface area contributed by atoms with E-state index in [1.807, 2.05) is 13.8 Å². The number of carboxylic acids is 1. The van der Waals surface area contributed by atoms with Crippen molar-refractivity contribution in [2.24, 2.45) is 23.5 Å². The second-order valence-electron chi connectivity index (χ2n) is 15.4. The van der Waals surface area contributed by atoms with Crippen LogP contribution < -0.4 is 43.0 Å². The second kappa shape index (κ2) is 24.1. The molecule has 1 aromatic rings. The topological polar surface area (TPSA) is 284 Å². The van der Waals surface area contributed by atoms with Crippen LogP contribution >= 0.6 is 0 Å². The normalized spacial score (nSPS) is 16.1. The average molecular weight is 813 g/mol. The van der Waals surface area contributed by atoms with Crippen LogP contribution in [0.25, 0.3) is 0 Å². The predicted molar refractivity (Wildman–Crippen MR) is 213 cm³/mol. The Morgan fingerprint density at radius 1 is 0.690 bits per heavy atom. The number of carbonyl (C=O) groups excluding carboxylic acids is 8. The Hall–Kier alpha value is -5.81. The van der Waals surface area contributed by atoms with Crippen LogP contribution in [0.2, 0.25) is 0 Å². The van der Waals surface area contributed by atoms with Crippen LogP contribution in [0.15, 0.2) is 42.5 Å². The molecule has 1 fully saturated rings. The van der Waals surface area contributed by atoms with E-state index in [4.69, 9.17) is 5.73 Å². The van der Waals surface area contributed by atoms with Crippen LogP contribution in [0.3, 0.4) is 0 Å². The van der Waals surface area contributed by atoms with Gasteiger partial charge in [0, 0.05) is 18.6 Å². The Bertz CT molecular complexity index is 1640. The largest absolute Gasteiger partial charge is 0.480 e. The van der Waals surface area contributed by atoms with Gasteiger partial charge in [-0.05, 0) is 56.4 Å². The molecule has 10 N–H and O–H groups in total. The van der Waals surface area contributed by atoms with E-state index >= 15 is 0 Å². The van der Waals surface area contributed by atoms with Crippen LogP contribution in [0.4, 0.5) is 0 Å². The highest BCUT2D eigenvalue weighted by molar-refractivity contribution is 6.00. The molecule has 1 aromatic carbocycles. The van der Waals surface area contributed by atoms with Gasteiger partial charge in [0.25, 0.3) is 0 Å². The van der Waals surface area contributed by atoms with Crippen LogP contribution in [-0.2, 0) is 49.6 Å². The Morgan fingerprint density at radius 3 is 1.78 bits per heavy atom. The zero-order chi connectivity index (χ0) is 43.5. The monoisotopic (exact) mass is 812 g/mol. The van der Waals surface area contributed by atoms with Crippen LogP contribution in [0.5, 0.6) is 0 Å². The molecule has 0 spiro atoms. The summed E-state index contributed by atoms with van der Waals surface area (Å²) in [4.78, 5) is 114. The molecule has 1 aliphatic carbocycles. The van der Waals surface area contributed by atoms with Gasteiger partial charge in [0.05, 0.1) is 6.54 Å². The number of benzene rings is 1. The molecule has 6 atom stereocenters. The SMILES string of the molecule is CC(C)C[C@H](NC(=O)[C@@H](NC(=O)[C@H](C)NC(=O)/C=C/C(=O)N[C@@H](C)C(=O)NCC(=O)N[C@@H](Cc1ccccc1)C(=O)O)C1CCCCC1)C(=O)N[C@H](C(N)=O)C(C)C. The van der Waals surface area contributed by atoms with Gasteiger partial charge >= 0.3 is 5.97 Å². The maximum atomic E-state index is 13.8. The zero-order valence-electron chi connectivity index (χ0n) is 34.1. The molecule has 0 radical (unpaired) electrons.